The van der Waals surface area contributed by atoms with Gasteiger partial charge >= 0.3 is 0 Å². The van der Waals surface area contributed by atoms with E-state index < -0.39 is 31.4 Å². The van der Waals surface area contributed by atoms with Crippen LogP contribution in [0.2, 0.25) is 0 Å². The van der Waals surface area contributed by atoms with E-state index in [1.807, 2.05) is 61.7 Å². The summed E-state index contributed by atoms with van der Waals surface area (Å²) in [6, 6.07) is -1.22. The second-order valence-corrected chi connectivity index (χ2v) is 24.7. The van der Waals surface area contributed by atoms with E-state index in [2.05, 4.69) is 46.0 Å². The molecule has 0 saturated heterocycles. The van der Waals surface area contributed by atoms with E-state index in [1.165, 1.54) is 17.8 Å². The quantitative estimate of drug-likeness (QED) is 0.111. The molecule has 0 heterocycles. The van der Waals surface area contributed by atoms with Crippen LogP contribution in [0.4, 0.5) is 0 Å². The summed E-state index contributed by atoms with van der Waals surface area (Å²) < 4.78 is 3.71. The van der Waals surface area contributed by atoms with Crippen LogP contribution in [0.25, 0.3) is 0 Å². The van der Waals surface area contributed by atoms with Crippen LogP contribution < -0.4 is 0 Å². The topological polar surface area (TPSA) is 81.2 Å². The molecule has 300 valence electrons. The first-order valence-corrected chi connectivity index (χ1v) is 30.0. The molecule has 0 fully saturated rings. The minimum absolute atomic E-state index is 0. The largest absolute Gasteiger partial charge is 0.796 e. The number of carbonyl (C=O) groups excluding carboxylic acids is 4. The van der Waals surface area contributed by atoms with Crippen molar-refractivity contribution < 1.29 is 84.6 Å². The van der Waals surface area contributed by atoms with Gasteiger partial charge in [0.1, 0.15) is 0 Å². The Bertz CT molecular complexity index is 1090. The van der Waals surface area contributed by atoms with Gasteiger partial charge in [-0.1, -0.05) is 59.0 Å². The number of hydrogen-bond donors (Lipinski definition) is 0. The van der Waals surface area contributed by atoms with Gasteiger partial charge in [0, 0.05) is 129 Å². The van der Waals surface area contributed by atoms with E-state index in [-0.39, 0.29) is 109 Å². The zero-order chi connectivity index (χ0) is 38.9. The monoisotopic (exact) mass is 1090 g/mol. The molecule has 51 heavy (non-hydrogen) atoms. The summed E-state index contributed by atoms with van der Waals surface area (Å²) in [5.74, 6) is 0.0116. The van der Waals surface area contributed by atoms with Crippen LogP contribution in [-0.2, 0) is 211 Å². The van der Waals surface area contributed by atoms with Crippen molar-refractivity contribution in [2.24, 2.45) is 0 Å². The van der Waals surface area contributed by atoms with Gasteiger partial charge in [-0.05, 0) is 127 Å². The van der Waals surface area contributed by atoms with E-state index in [1.54, 1.807) is 12.5 Å². The molecule has 0 N–H and O–H groups in total. The molecule has 6 atom stereocenters. The normalized spacial score (nSPS) is 13.5. The second kappa shape index (κ2) is 46.5. The number of nitrogens with zero attached hydrogens (tertiary/aromatic N) is 4. The van der Waals surface area contributed by atoms with Crippen molar-refractivity contribution >= 4 is 151 Å². The third-order valence-corrected chi connectivity index (χ3v) is 20.2. The molecule has 0 aliphatic rings. The second-order valence-electron chi connectivity index (χ2n) is 9.90. The molecule has 8 nitrogen and oxygen atoms in total. The van der Waals surface area contributed by atoms with Gasteiger partial charge in [-0.2, -0.15) is 12.5 Å². The number of carbonyl (C=O) groups is 2. The van der Waals surface area contributed by atoms with E-state index >= 15 is 0 Å². The summed E-state index contributed by atoms with van der Waals surface area (Å²) in [6.45, 7) is 11.3. The molecular weight excluding hydrogens is 1030 g/mol. The summed E-state index contributed by atoms with van der Waals surface area (Å²) in [5.41, 5.74) is 0. The zero-order valence-electron chi connectivity index (χ0n) is 31.8. The van der Waals surface area contributed by atoms with Crippen molar-refractivity contribution in [3.05, 3.63) is 0 Å². The maximum absolute atomic E-state index is 12.6. The summed E-state index contributed by atoms with van der Waals surface area (Å²) in [6.07, 6.45) is 22.0. The predicted molar refractivity (Wildman–Crippen MR) is 244 cm³/mol. The van der Waals surface area contributed by atoms with E-state index in [0.717, 1.165) is 71.1 Å². The first-order chi connectivity index (χ1) is 23.3. The number of amides is 2. The molecule has 2 amide bonds. The molecule has 0 bridgehead atoms. The maximum Gasteiger partial charge on any atom is 0.221 e. The van der Waals surface area contributed by atoms with Gasteiger partial charge in [-0.25, -0.2) is 20.0 Å². The molecule has 6 unspecified atom stereocenters. The third kappa shape index (κ3) is 32.4. The fourth-order valence-corrected chi connectivity index (χ4v) is 16.4. The fraction of sp³-hybridized carbons (Fsp3) is 0.862. The first kappa shape index (κ1) is 66.6. The standard InChI is InChI=1S/C14H27N2O2S5.C13H25N2O2S5.2CH4S.2Y/c1-5-7-9-15(10-8-6-2)14(18)11-13(12-17)16(22(3)20)23(4)21-19;1-5-7-9-14(8-6-2)13(17)10-12(11-16)15(21(3)19)22(4)20-18;2*1-2;;/h13H,5-11H2,1-4H3;12H,5-10H2,1-4H3;2*2H,1H3;;/q2*-1;;;;/p-2. The Morgan fingerprint density at radius 3 is 1.08 bits per heavy atom. The smallest absolute Gasteiger partial charge is 0.221 e. The van der Waals surface area contributed by atoms with Crippen molar-refractivity contribution in [1.82, 2.24) is 17.2 Å². The Morgan fingerprint density at radius 2 is 0.882 bits per heavy atom. The Labute approximate surface area is 407 Å². The van der Waals surface area contributed by atoms with Crippen LogP contribution >= 0.6 is 0 Å². The van der Waals surface area contributed by atoms with Crippen LogP contribution in [-0.4, -0.2) is 117 Å². The van der Waals surface area contributed by atoms with Gasteiger partial charge in [0.15, 0.2) is 0 Å². The molecule has 0 aliphatic carbocycles. The van der Waals surface area contributed by atoms with E-state index in [0.29, 0.717) is 0 Å². The zero-order valence-corrected chi connectivity index (χ0v) is 47.3. The van der Waals surface area contributed by atoms with Crippen LogP contribution in [0.1, 0.15) is 85.5 Å². The molecule has 22 heteroatoms. The van der Waals surface area contributed by atoms with Gasteiger partial charge in [0.2, 0.25) is 11.8 Å². The van der Waals surface area contributed by atoms with E-state index in [4.69, 9.17) is 44.8 Å². The molecule has 0 saturated carbocycles. The molecule has 0 spiro atoms. The van der Waals surface area contributed by atoms with Crippen molar-refractivity contribution in [3.63, 3.8) is 0 Å². The fourth-order valence-electron chi connectivity index (χ4n) is 4.02. The van der Waals surface area contributed by atoms with Crippen molar-refractivity contribution in [2.75, 3.05) is 63.7 Å². The van der Waals surface area contributed by atoms with E-state index in [9.17, 15) is 19.2 Å². The SMILES string of the molecule is CCCCN(CCC)C(=O)CC([C-]=O)N(S(C)=S)S(C)=S=S.CCCCN(CCCC)C(=O)CC([C-]=O)N(S(C)=S)S(C)=S=S.C[S-].C[S-].[Y].[Y]. The minimum Gasteiger partial charge on any atom is -0.796 e. The predicted octanol–water partition coefficient (Wildman–Crippen LogP) is 3.60. The molecule has 0 aliphatic heterocycles. The molecule has 0 rings (SSSR count). The Morgan fingerprint density at radius 1 is 0.608 bits per heavy atom. The van der Waals surface area contributed by atoms with Gasteiger partial charge in [-0.15, -0.1) is 0 Å². The van der Waals surface area contributed by atoms with Crippen LogP contribution in [0.15, 0.2) is 0 Å². The molecule has 0 aromatic carbocycles. The van der Waals surface area contributed by atoms with Crippen LogP contribution in [0.3, 0.4) is 0 Å². The summed E-state index contributed by atoms with van der Waals surface area (Å²) in [4.78, 5) is 51.7. The van der Waals surface area contributed by atoms with Crippen LogP contribution in [0, 0.1) is 0 Å². The Kier molecular flexibility index (Phi) is 60.8. The first-order valence-electron chi connectivity index (χ1n) is 15.7. The Hall–Kier alpha value is 3.83. The van der Waals surface area contributed by atoms with Crippen LogP contribution in [0.5, 0.6) is 0 Å². The number of hydrogen-bond acceptors (Lipinski definition) is 10. The molecular formula is C29H58N4O4S12Y2-4. The third-order valence-electron chi connectivity index (χ3n) is 6.27. The molecule has 2 radical (unpaired) electrons. The maximum atomic E-state index is 12.6. The van der Waals surface area contributed by atoms with Gasteiger partial charge in [0.05, 0.1) is 0 Å². The van der Waals surface area contributed by atoms with Crippen molar-refractivity contribution in [2.45, 2.75) is 97.6 Å². The summed E-state index contributed by atoms with van der Waals surface area (Å²) in [7, 11) is 0.641. The van der Waals surface area contributed by atoms with Gasteiger partial charge < -0.3 is 44.6 Å². The van der Waals surface area contributed by atoms with Gasteiger partial charge in [0.25, 0.3) is 0 Å². The molecule has 0 aromatic heterocycles. The van der Waals surface area contributed by atoms with Gasteiger partial charge in [-0.3, -0.25) is 9.59 Å². The summed E-state index contributed by atoms with van der Waals surface area (Å²) in [5, 5.41) is 0. The summed E-state index contributed by atoms with van der Waals surface area (Å²) >= 11 is 28.9. The average Bonchev–Trinajstić information content (AvgIpc) is 3.10. The number of unbranched alkanes of at least 4 members (excludes halogenated alkanes) is 3. The minimum atomic E-state index is -0.608. The average molecular weight is 1090 g/mol. The molecule has 0 aromatic rings. The number of rotatable bonds is 23. The van der Waals surface area contributed by atoms with Crippen molar-refractivity contribution in [3.8, 4) is 0 Å². The van der Waals surface area contributed by atoms with Crippen molar-refractivity contribution in [1.29, 1.82) is 0 Å². The Balaban J connectivity index is -0.000000174.